The number of rotatable bonds is 3. The highest BCUT2D eigenvalue weighted by atomic mass is 79.9. The molecule has 0 saturated heterocycles. The second kappa shape index (κ2) is 6.05. The predicted molar refractivity (Wildman–Crippen MR) is 84.7 cm³/mol. The number of nitrogens with zero attached hydrogens (tertiary/aromatic N) is 1. The molecule has 5 nitrogen and oxygen atoms in total. The molecule has 0 aromatic heterocycles. The van der Waals surface area contributed by atoms with E-state index in [-0.39, 0.29) is 15.7 Å². The second-order valence-electron chi connectivity index (χ2n) is 4.67. The maximum Gasteiger partial charge on any atom is 0.284 e. The fourth-order valence-electron chi connectivity index (χ4n) is 1.98. The number of halogens is 1. The molecule has 1 amide bonds. The minimum Gasteiger partial charge on any atom is -0.322 e. The van der Waals surface area contributed by atoms with Crippen molar-refractivity contribution in [3.05, 3.63) is 67.7 Å². The van der Waals surface area contributed by atoms with Crippen LogP contribution >= 0.6 is 15.9 Å². The van der Waals surface area contributed by atoms with E-state index in [1.165, 1.54) is 18.2 Å². The summed E-state index contributed by atoms with van der Waals surface area (Å²) >= 11 is 3.12. The molecule has 0 aliphatic rings. The summed E-state index contributed by atoms with van der Waals surface area (Å²) in [6, 6.07) is 10.0. The van der Waals surface area contributed by atoms with Gasteiger partial charge in [0.2, 0.25) is 0 Å². The zero-order chi connectivity index (χ0) is 15.6. The smallest absolute Gasteiger partial charge is 0.284 e. The van der Waals surface area contributed by atoms with Gasteiger partial charge >= 0.3 is 0 Å². The summed E-state index contributed by atoms with van der Waals surface area (Å²) in [6.07, 6.45) is 0. The van der Waals surface area contributed by atoms with Crippen LogP contribution in [0.1, 0.15) is 21.5 Å². The Morgan fingerprint density at radius 2 is 1.95 bits per heavy atom. The van der Waals surface area contributed by atoms with Crippen LogP contribution in [0.4, 0.5) is 11.4 Å². The summed E-state index contributed by atoms with van der Waals surface area (Å²) < 4.78 is 0.178. The minimum absolute atomic E-state index is 0.136. The first kappa shape index (κ1) is 15.2. The third-order valence-corrected chi connectivity index (χ3v) is 3.88. The molecule has 2 aromatic rings. The van der Waals surface area contributed by atoms with Crippen molar-refractivity contribution in [1.29, 1.82) is 0 Å². The van der Waals surface area contributed by atoms with Gasteiger partial charge in [0.15, 0.2) is 0 Å². The standard InChI is InChI=1S/C15H13BrN2O3/c1-9-6-7-12(10(2)8-9)17-15(19)11-4-3-5-13(14(11)16)18(20)21/h3-8H,1-2H3,(H,17,19). The highest BCUT2D eigenvalue weighted by molar-refractivity contribution is 9.10. The summed E-state index contributed by atoms with van der Waals surface area (Å²) in [4.78, 5) is 22.6. The van der Waals surface area contributed by atoms with Gasteiger partial charge in [-0.15, -0.1) is 0 Å². The Balaban J connectivity index is 2.33. The molecule has 6 heteroatoms. The number of benzene rings is 2. The van der Waals surface area contributed by atoms with E-state index in [0.717, 1.165) is 11.1 Å². The van der Waals surface area contributed by atoms with Gasteiger partial charge in [-0.25, -0.2) is 0 Å². The molecule has 0 radical (unpaired) electrons. The van der Waals surface area contributed by atoms with Crippen LogP contribution in [-0.2, 0) is 0 Å². The molecule has 108 valence electrons. The number of anilines is 1. The number of nitrogens with one attached hydrogen (secondary N) is 1. The largest absolute Gasteiger partial charge is 0.322 e. The normalized spacial score (nSPS) is 10.2. The van der Waals surface area contributed by atoms with Crippen molar-refractivity contribution in [2.75, 3.05) is 5.32 Å². The molecule has 0 saturated carbocycles. The van der Waals surface area contributed by atoms with Crippen LogP contribution in [0.5, 0.6) is 0 Å². The fourth-order valence-corrected chi connectivity index (χ4v) is 2.57. The lowest BCUT2D eigenvalue weighted by atomic mass is 10.1. The number of nitro groups is 1. The number of amides is 1. The van der Waals surface area contributed by atoms with Gasteiger partial charge in [0.05, 0.1) is 10.5 Å². The van der Waals surface area contributed by atoms with E-state index in [2.05, 4.69) is 21.2 Å². The first-order valence-corrected chi connectivity index (χ1v) is 7.01. The second-order valence-corrected chi connectivity index (χ2v) is 5.46. The molecule has 0 atom stereocenters. The third kappa shape index (κ3) is 3.28. The maximum absolute atomic E-state index is 12.3. The van der Waals surface area contributed by atoms with Crippen LogP contribution in [0.15, 0.2) is 40.9 Å². The van der Waals surface area contributed by atoms with Crippen LogP contribution in [-0.4, -0.2) is 10.8 Å². The molecule has 0 fully saturated rings. The summed E-state index contributed by atoms with van der Waals surface area (Å²) in [7, 11) is 0. The summed E-state index contributed by atoms with van der Waals surface area (Å²) in [5.74, 6) is -0.391. The van der Waals surface area contributed by atoms with Crippen molar-refractivity contribution in [3.63, 3.8) is 0 Å². The van der Waals surface area contributed by atoms with Crippen LogP contribution in [0.25, 0.3) is 0 Å². The first-order chi connectivity index (χ1) is 9.90. The highest BCUT2D eigenvalue weighted by Gasteiger charge is 2.19. The monoisotopic (exact) mass is 348 g/mol. The average molecular weight is 349 g/mol. The van der Waals surface area contributed by atoms with E-state index in [9.17, 15) is 14.9 Å². The Morgan fingerprint density at radius 1 is 1.24 bits per heavy atom. The van der Waals surface area contributed by atoms with Gasteiger partial charge in [-0.2, -0.15) is 0 Å². The molecule has 0 bridgehead atoms. The SMILES string of the molecule is Cc1ccc(NC(=O)c2cccc([N+](=O)[O-])c2Br)c(C)c1. The van der Waals surface area contributed by atoms with E-state index in [0.29, 0.717) is 5.69 Å². The lowest BCUT2D eigenvalue weighted by Gasteiger charge is -2.10. The number of hydrogen-bond acceptors (Lipinski definition) is 3. The molecular formula is C15H13BrN2O3. The molecular weight excluding hydrogens is 336 g/mol. The van der Waals surface area contributed by atoms with Crippen molar-refractivity contribution >= 4 is 33.2 Å². The zero-order valence-electron chi connectivity index (χ0n) is 11.5. The first-order valence-electron chi connectivity index (χ1n) is 6.21. The van der Waals surface area contributed by atoms with Gasteiger partial charge in [0.1, 0.15) is 4.47 Å². The van der Waals surface area contributed by atoms with Gasteiger partial charge in [0.25, 0.3) is 11.6 Å². The molecule has 1 N–H and O–H groups in total. The zero-order valence-corrected chi connectivity index (χ0v) is 13.1. The Morgan fingerprint density at radius 3 is 2.57 bits per heavy atom. The molecule has 0 spiro atoms. The van der Waals surface area contributed by atoms with E-state index in [4.69, 9.17) is 0 Å². The Labute approximate surface area is 130 Å². The lowest BCUT2D eigenvalue weighted by molar-refractivity contribution is -0.385. The Kier molecular flexibility index (Phi) is 4.37. The number of carbonyl (C=O) groups excluding carboxylic acids is 1. The predicted octanol–water partition coefficient (Wildman–Crippen LogP) is 4.23. The van der Waals surface area contributed by atoms with Gasteiger partial charge in [-0.3, -0.25) is 14.9 Å². The highest BCUT2D eigenvalue weighted by Crippen LogP contribution is 2.29. The summed E-state index contributed by atoms with van der Waals surface area (Å²) in [5.41, 5.74) is 2.81. The maximum atomic E-state index is 12.3. The van der Waals surface area contributed by atoms with Crippen LogP contribution in [0.3, 0.4) is 0 Å². The summed E-state index contributed by atoms with van der Waals surface area (Å²) in [5, 5.41) is 13.7. The van der Waals surface area contributed by atoms with Gasteiger partial charge < -0.3 is 5.32 Å². The van der Waals surface area contributed by atoms with Crippen molar-refractivity contribution < 1.29 is 9.72 Å². The third-order valence-electron chi connectivity index (χ3n) is 3.05. The number of nitro benzene ring substituents is 1. The molecule has 0 heterocycles. The van der Waals surface area contributed by atoms with Crippen molar-refractivity contribution in [3.8, 4) is 0 Å². The number of aryl methyl sites for hydroxylation is 2. The molecule has 0 aliphatic carbocycles. The quantitative estimate of drug-likeness (QED) is 0.666. The van der Waals surface area contributed by atoms with E-state index in [1.807, 2.05) is 32.0 Å². The van der Waals surface area contributed by atoms with Crippen LogP contribution < -0.4 is 5.32 Å². The van der Waals surface area contributed by atoms with E-state index >= 15 is 0 Å². The summed E-state index contributed by atoms with van der Waals surface area (Å²) in [6.45, 7) is 3.86. The molecule has 2 rings (SSSR count). The lowest BCUT2D eigenvalue weighted by Crippen LogP contribution is -2.14. The van der Waals surface area contributed by atoms with Crippen LogP contribution in [0, 0.1) is 24.0 Å². The Bertz CT molecular complexity index is 729. The Hall–Kier alpha value is -2.21. The van der Waals surface area contributed by atoms with Gasteiger partial charge in [-0.05, 0) is 47.5 Å². The van der Waals surface area contributed by atoms with Crippen molar-refractivity contribution in [2.45, 2.75) is 13.8 Å². The van der Waals surface area contributed by atoms with Crippen LogP contribution in [0.2, 0.25) is 0 Å². The number of hydrogen-bond donors (Lipinski definition) is 1. The molecule has 21 heavy (non-hydrogen) atoms. The van der Waals surface area contributed by atoms with Gasteiger partial charge in [0, 0.05) is 11.8 Å². The fraction of sp³-hybridized carbons (Fsp3) is 0.133. The average Bonchev–Trinajstić information content (AvgIpc) is 2.41. The van der Waals surface area contributed by atoms with E-state index < -0.39 is 10.8 Å². The van der Waals surface area contributed by atoms with Gasteiger partial charge in [-0.1, -0.05) is 23.8 Å². The molecule has 2 aromatic carbocycles. The minimum atomic E-state index is -0.530. The number of carbonyl (C=O) groups is 1. The van der Waals surface area contributed by atoms with Crippen molar-refractivity contribution in [2.24, 2.45) is 0 Å². The van der Waals surface area contributed by atoms with E-state index in [1.54, 1.807) is 0 Å². The topological polar surface area (TPSA) is 72.2 Å². The molecule has 0 unspecified atom stereocenters. The van der Waals surface area contributed by atoms with Crippen molar-refractivity contribution in [1.82, 2.24) is 0 Å². The molecule has 0 aliphatic heterocycles.